The molecule has 0 fully saturated rings. The molecular weight excluding hydrogens is 259 g/mol. The van der Waals surface area contributed by atoms with Gasteiger partial charge in [-0.05, 0) is 41.1 Å². The van der Waals surface area contributed by atoms with Gasteiger partial charge in [0.05, 0.1) is 0 Å². The van der Waals surface area contributed by atoms with E-state index < -0.39 is 0 Å². The van der Waals surface area contributed by atoms with Crippen molar-refractivity contribution in [3.05, 3.63) is 33.4 Å². The van der Waals surface area contributed by atoms with Crippen molar-refractivity contribution in [1.29, 1.82) is 0 Å². The summed E-state index contributed by atoms with van der Waals surface area (Å²) >= 11 is 2.31. The molecule has 1 rings (SSSR count). The lowest BCUT2D eigenvalue weighted by molar-refractivity contribution is 0.983. The van der Waals surface area contributed by atoms with Crippen LogP contribution in [0.4, 0.5) is 0 Å². The van der Waals surface area contributed by atoms with Gasteiger partial charge in [-0.2, -0.15) is 0 Å². The maximum atomic E-state index is 3.16. The van der Waals surface area contributed by atoms with E-state index in [0.717, 1.165) is 18.4 Å². The molecule has 1 aromatic carbocycles. The summed E-state index contributed by atoms with van der Waals surface area (Å²) in [4.78, 5) is 0. The molecule has 1 heteroatoms. The first-order valence-electron chi connectivity index (χ1n) is 4.08. The highest BCUT2D eigenvalue weighted by Crippen LogP contribution is 2.09. The molecule has 0 saturated carbocycles. The number of hydrogen-bond acceptors (Lipinski definition) is 0. The fourth-order valence-corrected chi connectivity index (χ4v) is 1.37. The minimum Gasteiger partial charge on any atom is -0.0979 e. The predicted octanol–water partition coefficient (Wildman–Crippen LogP) is 3.44. The zero-order chi connectivity index (χ0) is 8.81. The topological polar surface area (TPSA) is 0 Å². The molecule has 0 amide bonds. The fourth-order valence-electron chi connectivity index (χ4n) is 0.845. The quantitative estimate of drug-likeness (QED) is 0.541. The lowest BCUT2D eigenvalue weighted by Crippen LogP contribution is -1.78. The lowest BCUT2D eigenvalue weighted by Gasteiger charge is -1.92. The second-order valence-electron chi connectivity index (χ2n) is 2.53. The molecule has 0 aliphatic heterocycles. The van der Waals surface area contributed by atoms with Gasteiger partial charge < -0.3 is 0 Å². The maximum Gasteiger partial charge on any atom is 0.0378 e. The molecule has 0 saturated heterocycles. The van der Waals surface area contributed by atoms with Crippen molar-refractivity contribution in [2.75, 3.05) is 0 Å². The molecule has 0 atom stereocenters. The molecule has 62 valence electrons. The third kappa shape index (κ3) is 2.86. The van der Waals surface area contributed by atoms with Crippen LogP contribution in [0.5, 0.6) is 0 Å². The van der Waals surface area contributed by atoms with Crippen LogP contribution in [0.1, 0.15) is 25.3 Å². The van der Waals surface area contributed by atoms with Gasteiger partial charge in [0.15, 0.2) is 0 Å². The summed E-state index contributed by atoms with van der Waals surface area (Å²) in [6, 6.07) is 8.20. The van der Waals surface area contributed by atoms with Crippen molar-refractivity contribution in [2.45, 2.75) is 19.8 Å². The zero-order valence-electron chi connectivity index (χ0n) is 7.10. The van der Waals surface area contributed by atoms with E-state index in [-0.39, 0.29) is 0 Å². The summed E-state index contributed by atoms with van der Waals surface area (Å²) in [5.74, 6) is 6.29. The highest BCUT2D eigenvalue weighted by atomic mass is 127. The fraction of sp³-hybridized carbons (Fsp3) is 0.273. The molecule has 0 aliphatic carbocycles. The van der Waals surface area contributed by atoms with E-state index in [0.29, 0.717) is 0 Å². The van der Waals surface area contributed by atoms with E-state index in [2.05, 4.69) is 53.5 Å². The number of rotatable bonds is 1. The molecule has 0 aromatic heterocycles. The van der Waals surface area contributed by atoms with E-state index in [1.165, 1.54) is 3.57 Å². The van der Waals surface area contributed by atoms with Gasteiger partial charge in [-0.1, -0.05) is 30.9 Å². The second-order valence-corrected chi connectivity index (χ2v) is 3.69. The molecule has 0 heterocycles. The SMILES string of the molecule is CCCC#Cc1ccccc1I. The molecule has 0 bridgehead atoms. The van der Waals surface area contributed by atoms with Crippen molar-refractivity contribution in [3.63, 3.8) is 0 Å². The Kier molecular flexibility index (Phi) is 4.16. The van der Waals surface area contributed by atoms with E-state index in [1.807, 2.05) is 12.1 Å². The third-order valence-electron chi connectivity index (χ3n) is 1.47. The van der Waals surface area contributed by atoms with Gasteiger partial charge in [-0.15, -0.1) is 0 Å². The molecule has 0 radical (unpaired) electrons. The van der Waals surface area contributed by atoms with Crippen LogP contribution in [0.25, 0.3) is 0 Å². The lowest BCUT2D eigenvalue weighted by atomic mass is 10.2. The monoisotopic (exact) mass is 270 g/mol. The summed E-state index contributed by atoms with van der Waals surface area (Å²) < 4.78 is 1.23. The maximum absolute atomic E-state index is 3.16. The first-order valence-corrected chi connectivity index (χ1v) is 5.16. The van der Waals surface area contributed by atoms with Gasteiger partial charge in [0, 0.05) is 15.6 Å². The van der Waals surface area contributed by atoms with Crippen LogP contribution >= 0.6 is 22.6 Å². The van der Waals surface area contributed by atoms with Crippen LogP contribution in [0.3, 0.4) is 0 Å². The highest BCUT2D eigenvalue weighted by molar-refractivity contribution is 14.1. The Bertz CT molecular complexity index is 304. The van der Waals surface area contributed by atoms with Gasteiger partial charge in [0.1, 0.15) is 0 Å². The molecule has 1 aromatic rings. The van der Waals surface area contributed by atoms with Crippen molar-refractivity contribution >= 4 is 22.6 Å². The molecule has 0 spiro atoms. The summed E-state index contributed by atoms with van der Waals surface area (Å²) in [7, 11) is 0. The van der Waals surface area contributed by atoms with Crippen LogP contribution < -0.4 is 0 Å². The minimum absolute atomic E-state index is 0.991. The Morgan fingerprint density at radius 2 is 2.08 bits per heavy atom. The predicted molar refractivity (Wildman–Crippen MR) is 60.9 cm³/mol. The van der Waals surface area contributed by atoms with E-state index in [1.54, 1.807) is 0 Å². The van der Waals surface area contributed by atoms with Crippen molar-refractivity contribution < 1.29 is 0 Å². The van der Waals surface area contributed by atoms with Crippen molar-refractivity contribution in [1.82, 2.24) is 0 Å². The van der Waals surface area contributed by atoms with Crippen molar-refractivity contribution in [2.24, 2.45) is 0 Å². The Labute approximate surface area is 87.5 Å². The smallest absolute Gasteiger partial charge is 0.0378 e. The minimum atomic E-state index is 0.991. The van der Waals surface area contributed by atoms with Gasteiger partial charge >= 0.3 is 0 Å². The number of benzene rings is 1. The number of halogens is 1. The number of unbranched alkanes of at least 4 members (excludes halogenated alkanes) is 1. The van der Waals surface area contributed by atoms with Gasteiger partial charge in [-0.25, -0.2) is 0 Å². The van der Waals surface area contributed by atoms with E-state index in [4.69, 9.17) is 0 Å². The molecule has 0 nitrogen and oxygen atoms in total. The first kappa shape index (κ1) is 9.60. The zero-order valence-corrected chi connectivity index (χ0v) is 9.26. The molecule has 0 N–H and O–H groups in total. The average Bonchev–Trinajstić information content (AvgIpc) is 2.09. The standard InChI is InChI=1S/C11H11I/c1-2-3-4-7-10-8-5-6-9-11(10)12/h5-6,8-9H,2-3H2,1H3. The van der Waals surface area contributed by atoms with Gasteiger partial charge in [0.25, 0.3) is 0 Å². The number of hydrogen-bond donors (Lipinski definition) is 0. The van der Waals surface area contributed by atoms with Crippen LogP contribution in [0.2, 0.25) is 0 Å². The van der Waals surface area contributed by atoms with E-state index in [9.17, 15) is 0 Å². The summed E-state index contributed by atoms with van der Waals surface area (Å²) in [5.41, 5.74) is 1.14. The molecule has 12 heavy (non-hydrogen) atoms. The normalized spacial score (nSPS) is 8.83. The molecular formula is C11H11I. The Hall–Kier alpha value is -0.490. The van der Waals surface area contributed by atoms with Crippen LogP contribution in [0, 0.1) is 15.4 Å². The van der Waals surface area contributed by atoms with E-state index >= 15 is 0 Å². The summed E-state index contributed by atoms with van der Waals surface area (Å²) in [6.45, 7) is 2.14. The summed E-state index contributed by atoms with van der Waals surface area (Å²) in [5, 5.41) is 0. The van der Waals surface area contributed by atoms with Gasteiger partial charge in [-0.3, -0.25) is 0 Å². The highest BCUT2D eigenvalue weighted by Gasteiger charge is 1.90. The Morgan fingerprint density at radius 1 is 1.33 bits per heavy atom. The molecule has 0 aliphatic rings. The Balaban J connectivity index is 2.77. The van der Waals surface area contributed by atoms with Crippen molar-refractivity contribution in [3.8, 4) is 11.8 Å². The van der Waals surface area contributed by atoms with Crippen LogP contribution in [-0.4, -0.2) is 0 Å². The average molecular weight is 270 g/mol. The Morgan fingerprint density at radius 3 is 2.75 bits per heavy atom. The molecule has 0 unspecified atom stereocenters. The largest absolute Gasteiger partial charge is 0.0979 e. The van der Waals surface area contributed by atoms with Gasteiger partial charge in [0.2, 0.25) is 0 Å². The first-order chi connectivity index (χ1) is 5.84. The third-order valence-corrected chi connectivity index (χ3v) is 2.41. The van der Waals surface area contributed by atoms with Crippen LogP contribution in [0.15, 0.2) is 24.3 Å². The summed E-state index contributed by atoms with van der Waals surface area (Å²) in [6.07, 6.45) is 2.13. The van der Waals surface area contributed by atoms with Crippen LogP contribution in [-0.2, 0) is 0 Å². The second kappa shape index (κ2) is 5.21.